The average molecular weight is 391 g/mol. The normalized spacial score (nSPS) is 19.7. The highest BCUT2D eigenvalue weighted by Crippen LogP contribution is 2.51. The minimum atomic E-state index is -1.36. The van der Waals surface area contributed by atoms with Gasteiger partial charge in [0.1, 0.15) is 0 Å². The molecule has 0 spiro atoms. The van der Waals surface area contributed by atoms with E-state index >= 15 is 0 Å². The fourth-order valence-electron chi connectivity index (χ4n) is 3.60. The predicted molar refractivity (Wildman–Crippen MR) is 118 cm³/mol. The van der Waals surface area contributed by atoms with E-state index in [1.54, 1.807) is 0 Å². The molecule has 1 aliphatic rings. The summed E-state index contributed by atoms with van der Waals surface area (Å²) in [6, 6.07) is 31.3. The number of nitrogens with zero attached hydrogens (tertiary/aromatic N) is 2. The third kappa shape index (κ3) is 4.53. The number of anilines is 2. The molecule has 1 saturated heterocycles. The van der Waals surface area contributed by atoms with Crippen molar-refractivity contribution in [1.29, 1.82) is 0 Å². The van der Waals surface area contributed by atoms with Gasteiger partial charge in [-0.05, 0) is 36.2 Å². The van der Waals surface area contributed by atoms with Gasteiger partial charge in [0.05, 0.1) is 0 Å². The molecule has 4 nitrogen and oxygen atoms in total. The molecule has 1 fully saturated rings. The molecule has 1 aliphatic heterocycles. The van der Waals surface area contributed by atoms with Crippen molar-refractivity contribution in [2.75, 3.05) is 23.1 Å². The molecule has 144 valence electrons. The Morgan fingerprint density at radius 3 is 2.14 bits per heavy atom. The Kier molecular flexibility index (Phi) is 6.23. The van der Waals surface area contributed by atoms with E-state index in [0.717, 1.165) is 37.4 Å². The first-order valence-electron chi connectivity index (χ1n) is 9.72. The maximum Gasteiger partial charge on any atom is 0.215 e. The van der Waals surface area contributed by atoms with Crippen molar-refractivity contribution in [3.05, 3.63) is 96.6 Å². The lowest BCUT2D eigenvalue weighted by molar-refractivity contribution is 0.334. The van der Waals surface area contributed by atoms with Gasteiger partial charge in [-0.1, -0.05) is 66.7 Å². The van der Waals surface area contributed by atoms with E-state index < -0.39 is 8.45 Å². The van der Waals surface area contributed by atoms with Crippen LogP contribution in [0.2, 0.25) is 0 Å². The molecule has 1 unspecified atom stereocenters. The third-order valence-corrected chi connectivity index (χ3v) is 6.83. The molecule has 0 saturated carbocycles. The minimum absolute atomic E-state index is 0.299. The summed E-state index contributed by atoms with van der Waals surface area (Å²) in [5, 5.41) is 3.51. The second kappa shape index (κ2) is 9.20. The van der Waals surface area contributed by atoms with Crippen LogP contribution in [-0.4, -0.2) is 28.7 Å². The van der Waals surface area contributed by atoms with Crippen LogP contribution in [0, 0.1) is 0 Å². The van der Waals surface area contributed by atoms with Crippen LogP contribution in [0.15, 0.2) is 91.0 Å². The third-order valence-electron chi connectivity index (χ3n) is 5.07. The Morgan fingerprint density at radius 1 is 0.857 bits per heavy atom. The molecule has 0 radical (unpaired) electrons. The summed E-state index contributed by atoms with van der Waals surface area (Å²) < 4.78 is 4.43. The molecule has 5 heteroatoms. The minimum Gasteiger partial charge on any atom is -0.385 e. The summed E-state index contributed by atoms with van der Waals surface area (Å²) in [4.78, 5) is 11.1. The summed E-state index contributed by atoms with van der Waals surface area (Å²) in [5.74, 6) is 0. The molecule has 2 atom stereocenters. The molecule has 0 bridgehead atoms. The highest BCUT2D eigenvalue weighted by molar-refractivity contribution is 7.51. The van der Waals surface area contributed by atoms with Gasteiger partial charge in [0.2, 0.25) is 8.45 Å². The van der Waals surface area contributed by atoms with E-state index in [4.69, 9.17) is 0 Å². The van der Waals surface area contributed by atoms with Crippen LogP contribution >= 0.6 is 8.45 Å². The molecule has 2 N–H and O–H groups in total. The van der Waals surface area contributed by atoms with Gasteiger partial charge in [0.25, 0.3) is 0 Å². The lowest BCUT2D eigenvalue weighted by Gasteiger charge is -2.27. The molecule has 28 heavy (non-hydrogen) atoms. The second-order valence-corrected chi connectivity index (χ2v) is 8.54. The second-order valence-electron chi connectivity index (χ2n) is 7.00. The quantitative estimate of drug-likeness (QED) is 0.550. The highest BCUT2D eigenvalue weighted by atomic mass is 31.2. The monoisotopic (exact) mass is 391 g/mol. The first kappa shape index (κ1) is 18.9. The van der Waals surface area contributed by atoms with Crippen molar-refractivity contribution < 1.29 is 4.89 Å². The topological polar surface area (TPSA) is 38.7 Å². The van der Waals surface area contributed by atoms with E-state index in [2.05, 4.69) is 63.2 Å². The van der Waals surface area contributed by atoms with Gasteiger partial charge >= 0.3 is 0 Å². The number of rotatable bonds is 7. The summed E-state index contributed by atoms with van der Waals surface area (Å²) in [7, 11) is -1.36. The number of nitrogens with one attached hydrogen (secondary N) is 1. The van der Waals surface area contributed by atoms with Gasteiger partial charge < -0.3 is 14.9 Å². The van der Waals surface area contributed by atoms with Crippen LogP contribution in [0.1, 0.15) is 12.0 Å². The summed E-state index contributed by atoms with van der Waals surface area (Å²) in [5.41, 5.74) is 3.47. The van der Waals surface area contributed by atoms with Gasteiger partial charge in [-0.15, -0.1) is 0 Å². The lowest BCUT2D eigenvalue weighted by atomic mass is 10.1. The van der Waals surface area contributed by atoms with Gasteiger partial charge in [0.15, 0.2) is 0 Å². The van der Waals surface area contributed by atoms with Crippen LogP contribution < -0.4 is 9.99 Å². The molecular weight excluding hydrogens is 365 g/mol. The van der Waals surface area contributed by atoms with Crippen molar-refractivity contribution in [2.24, 2.45) is 0 Å². The predicted octanol–water partition coefficient (Wildman–Crippen LogP) is 5.10. The molecule has 0 aromatic heterocycles. The first-order chi connectivity index (χ1) is 13.8. The zero-order valence-electron chi connectivity index (χ0n) is 15.9. The van der Waals surface area contributed by atoms with Crippen molar-refractivity contribution in [3.8, 4) is 0 Å². The fourth-order valence-corrected chi connectivity index (χ4v) is 5.32. The summed E-state index contributed by atoms with van der Waals surface area (Å²) >= 11 is 0. The van der Waals surface area contributed by atoms with Crippen molar-refractivity contribution in [2.45, 2.75) is 19.0 Å². The van der Waals surface area contributed by atoms with E-state index in [1.165, 1.54) is 5.56 Å². The van der Waals surface area contributed by atoms with E-state index in [9.17, 15) is 4.89 Å². The Bertz CT molecular complexity index is 847. The standard InChI is InChI=1S/C23H26N3OP/c27-28-25(18-20-10-4-1-5-11-20)23(16-17-24-21-12-6-2-7-13-21)19-26(28)22-14-8-3-9-15-22/h1-15,23-24,27H,16-19H2/t23-,28?/m0/s1. The molecular formula is C23H26N3OP. The summed E-state index contributed by atoms with van der Waals surface area (Å²) in [6.07, 6.45) is 0.977. The zero-order valence-corrected chi connectivity index (χ0v) is 16.7. The Morgan fingerprint density at radius 2 is 1.46 bits per heavy atom. The SMILES string of the molecule is OP1N(c2ccccc2)C[C@H](CCNc2ccccc2)N1Cc1ccccc1. The van der Waals surface area contributed by atoms with Gasteiger partial charge in [-0.25, -0.2) is 4.67 Å². The maximum absolute atomic E-state index is 11.1. The Balaban J connectivity index is 1.47. The molecule has 3 aromatic rings. The smallest absolute Gasteiger partial charge is 0.215 e. The molecule has 4 rings (SSSR count). The van der Waals surface area contributed by atoms with Gasteiger partial charge in [0, 0.05) is 37.1 Å². The van der Waals surface area contributed by atoms with E-state index in [0.29, 0.717) is 6.04 Å². The van der Waals surface area contributed by atoms with Gasteiger partial charge in [-0.2, -0.15) is 0 Å². The van der Waals surface area contributed by atoms with E-state index in [-0.39, 0.29) is 0 Å². The van der Waals surface area contributed by atoms with Crippen LogP contribution in [0.5, 0.6) is 0 Å². The van der Waals surface area contributed by atoms with Crippen LogP contribution in [-0.2, 0) is 6.54 Å². The number of hydrogen-bond donors (Lipinski definition) is 2. The van der Waals surface area contributed by atoms with Crippen LogP contribution in [0.4, 0.5) is 11.4 Å². The Labute approximate surface area is 168 Å². The Hall–Kier alpha value is -2.39. The van der Waals surface area contributed by atoms with Crippen molar-refractivity contribution >= 4 is 19.8 Å². The lowest BCUT2D eigenvalue weighted by Crippen LogP contribution is -2.29. The largest absolute Gasteiger partial charge is 0.385 e. The molecule has 0 aliphatic carbocycles. The van der Waals surface area contributed by atoms with E-state index in [1.807, 2.05) is 42.5 Å². The van der Waals surface area contributed by atoms with Crippen LogP contribution in [0.25, 0.3) is 0 Å². The fraction of sp³-hybridized carbons (Fsp3) is 0.217. The number of hydrogen-bond acceptors (Lipinski definition) is 4. The molecule has 0 amide bonds. The van der Waals surface area contributed by atoms with Crippen molar-refractivity contribution in [3.63, 3.8) is 0 Å². The first-order valence-corrected chi connectivity index (χ1v) is 10.9. The average Bonchev–Trinajstić information content (AvgIpc) is 3.06. The van der Waals surface area contributed by atoms with Crippen LogP contribution in [0.3, 0.4) is 0 Å². The molecule has 1 heterocycles. The number of para-hydroxylation sites is 2. The molecule has 3 aromatic carbocycles. The van der Waals surface area contributed by atoms with Crippen molar-refractivity contribution in [1.82, 2.24) is 4.67 Å². The zero-order chi connectivity index (χ0) is 19.2. The number of benzene rings is 3. The highest BCUT2D eigenvalue weighted by Gasteiger charge is 2.39. The maximum atomic E-state index is 11.1. The van der Waals surface area contributed by atoms with Gasteiger partial charge in [-0.3, -0.25) is 0 Å². The summed E-state index contributed by atoms with van der Waals surface area (Å²) in [6.45, 7) is 2.49.